The van der Waals surface area contributed by atoms with Gasteiger partial charge in [-0.15, -0.1) is 0 Å². The number of benzene rings is 1. The van der Waals surface area contributed by atoms with Crippen LogP contribution in [0.25, 0.3) is 0 Å². The van der Waals surface area contributed by atoms with Crippen LogP contribution in [-0.4, -0.2) is 22.2 Å². The standard InChI is InChI=1S/C13H16ClFOS/c14-13-9(4-3-5-10(13)15)8-11(16)12-6-1-2-7-17-12/h3-5,11-12,16H,1-2,6-8H2. The molecule has 0 aromatic heterocycles. The van der Waals surface area contributed by atoms with E-state index >= 15 is 0 Å². The van der Waals surface area contributed by atoms with E-state index in [1.807, 2.05) is 11.8 Å². The van der Waals surface area contributed by atoms with Gasteiger partial charge in [0.1, 0.15) is 5.82 Å². The van der Waals surface area contributed by atoms with E-state index in [4.69, 9.17) is 11.6 Å². The number of aliphatic hydroxyl groups is 1. The highest BCUT2D eigenvalue weighted by atomic mass is 35.5. The normalized spacial score (nSPS) is 22.4. The van der Waals surface area contributed by atoms with Gasteiger partial charge in [-0.25, -0.2) is 4.39 Å². The van der Waals surface area contributed by atoms with Crippen molar-refractivity contribution in [2.45, 2.75) is 37.0 Å². The first-order chi connectivity index (χ1) is 8.18. The lowest BCUT2D eigenvalue weighted by Crippen LogP contribution is -2.28. The van der Waals surface area contributed by atoms with Gasteiger partial charge < -0.3 is 5.11 Å². The fraction of sp³-hybridized carbons (Fsp3) is 0.538. The third-order valence-corrected chi connectivity index (χ3v) is 5.03. The van der Waals surface area contributed by atoms with Gasteiger partial charge in [-0.3, -0.25) is 0 Å². The summed E-state index contributed by atoms with van der Waals surface area (Å²) in [6.07, 6.45) is 3.45. The zero-order valence-corrected chi connectivity index (χ0v) is 11.1. The number of thioether (sulfide) groups is 1. The van der Waals surface area contributed by atoms with E-state index in [2.05, 4.69) is 0 Å². The summed E-state index contributed by atoms with van der Waals surface area (Å²) in [4.78, 5) is 0. The number of hydrogen-bond donors (Lipinski definition) is 1. The minimum Gasteiger partial charge on any atom is -0.392 e. The van der Waals surface area contributed by atoms with Crippen LogP contribution in [0.2, 0.25) is 5.02 Å². The van der Waals surface area contributed by atoms with Crippen molar-refractivity contribution in [3.8, 4) is 0 Å². The van der Waals surface area contributed by atoms with Crippen LogP contribution in [0.15, 0.2) is 18.2 Å². The fourth-order valence-electron chi connectivity index (χ4n) is 2.13. The van der Waals surface area contributed by atoms with E-state index in [1.165, 1.54) is 18.9 Å². The summed E-state index contributed by atoms with van der Waals surface area (Å²) in [7, 11) is 0. The summed E-state index contributed by atoms with van der Waals surface area (Å²) in [5.41, 5.74) is 0.699. The Morgan fingerprint density at radius 1 is 1.47 bits per heavy atom. The first-order valence-corrected chi connectivity index (χ1v) is 7.33. The highest BCUT2D eigenvalue weighted by Gasteiger charge is 2.23. The van der Waals surface area contributed by atoms with E-state index < -0.39 is 11.9 Å². The highest BCUT2D eigenvalue weighted by Crippen LogP contribution is 2.30. The molecular formula is C13H16ClFOS. The van der Waals surface area contributed by atoms with E-state index in [0.717, 1.165) is 12.2 Å². The molecule has 1 aromatic rings. The summed E-state index contributed by atoms with van der Waals surface area (Å²) in [5.74, 6) is 0.700. The van der Waals surface area contributed by atoms with Crippen LogP contribution in [0, 0.1) is 5.82 Å². The predicted molar refractivity (Wildman–Crippen MR) is 71.2 cm³/mol. The summed E-state index contributed by atoms with van der Waals surface area (Å²) >= 11 is 7.70. The molecule has 17 heavy (non-hydrogen) atoms. The summed E-state index contributed by atoms with van der Waals surface area (Å²) in [5, 5.41) is 10.6. The van der Waals surface area contributed by atoms with Crippen molar-refractivity contribution in [1.29, 1.82) is 0 Å². The summed E-state index contributed by atoms with van der Waals surface area (Å²) in [6, 6.07) is 4.76. The Balaban J connectivity index is 2.01. The number of rotatable bonds is 3. The van der Waals surface area contributed by atoms with Crippen molar-refractivity contribution in [2.75, 3.05) is 5.75 Å². The lowest BCUT2D eigenvalue weighted by Gasteiger charge is -2.26. The molecule has 0 saturated carbocycles. The van der Waals surface area contributed by atoms with E-state index in [1.54, 1.807) is 12.1 Å². The molecule has 1 saturated heterocycles. The first-order valence-electron chi connectivity index (χ1n) is 5.91. The highest BCUT2D eigenvalue weighted by molar-refractivity contribution is 8.00. The average molecular weight is 275 g/mol. The molecule has 2 unspecified atom stereocenters. The average Bonchev–Trinajstić information content (AvgIpc) is 2.36. The molecule has 1 aliphatic heterocycles. The van der Waals surface area contributed by atoms with Crippen molar-refractivity contribution >= 4 is 23.4 Å². The predicted octanol–water partition coefficient (Wildman–Crippen LogP) is 3.67. The Bertz CT molecular complexity index is 380. The van der Waals surface area contributed by atoms with Crippen LogP contribution in [0.4, 0.5) is 4.39 Å². The Hall–Kier alpha value is -0.250. The SMILES string of the molecule is OC(Cc1cccc(F)c1Cl)C1CCCCS1. The molecule has 0 radical (unpaired) electrons. The summed E-state index contributed by atoms with van der Waals surface area (Å²) in [6.45, 7) is 0. The van der Waals surface area contributed by atoms with Gasteiger partial charge in [0.05, 0.1) is 11.1 Å². The van der Waals surface area contributed by atoms with Crippen molar-refractivity contribution in [3.63, 3.8) is 0 Å². The van der Waals surface area contributed by atoms with Crippen LogP contribution < -0.4 is 0 Å². The van der Waals surface area contributed by atoms with Crippen LogP contribution in [0.3, 0.4) is 0 Å². The molecule has 1 fully saturated rings. The van der Waals surface area contributed by atoms with Crippen LogP contribution in [0.5, 0.6) is 0 Å². The smallest absolute Gasteiger partial charge is 0.142 e. The molecule has 2 rings (SSSR count). The largest absolute Gasteiger partial charge is 0.392 e. The maximum Gasteiger partial charge on any atom is 0.142 e. The molecule has 0 spiro atoms. The molecule has 1 heterocycles. The van der Waals surface area contributed by atoms with Gasteiger partial charge in [-0.2, -0.15) is 11.8 Å². The number of aliphatic hydroxyl groups excluding tert-OH is 1. The Kier molecular flexibility index (Phi) is 4.71. The quantitative estimate of drug-likeness (QED) is 0.908. The molecule has 0 bridgehead atoms. The van der Waals surface area contributed by atoms with Gasteiger partial charge in [-0.05, 0) is 30.2 Å². The minimum atomic E-state index is -0.431. The molecule has 94 valence electrons. The molecule has 1 N–H and O–H groups in total. The number of halogens is 2. The number of hydrogen-bond acceptors (Lipinski definition) is 2. The summed E-state index contributed by atoms with van der Waals surface area (Å²) < 4.78 is 13.3. The zero-order chi connectivity index (χ0) is 12.3. The lowest BCUT2D eigenvalue weighted by atomic mass is 10.0. The van der Waals surface area contributed by atoms with E-state index in [-0.39, 0.29) is 10.3 Å². The second-order valence-electron chi connectivity index (χ2n) is 4.39. The molecule has 1 nitrogen and oxygen atoms in total. The minimum absolute atomic E-state index is 0.146. The fourth-order valence-corrected chi connectivity index (χ4v) is 3.66. The molecule has 1 aromatic carbocycles. The topological polar surface area (TPSA) is 20.2 Å². The molecule has 4 heteroatoms. The van der Waals surface area contributed by atoms with Crippen molar-refractivity contribution in [3.05, 3.63) is 34.6 Å². The van der Waals surface area contributed by atoms with Gasteiger partial charge in [-0.1, -0.05) is 30.2 Å². The lowest BCUT2D eigenvalue weighted by molar-refractivity contribution is 0.166. The van der Waals surface area contributed by atoms with Crippen molar-refractivity contribution in [1.82, 2.24) is 0 Å². The third-order valence-electron chi connectivity index (χ3n) is 3.10. The van der Waals surface area contributed by atoms with Crippen LogP contribution in [-0.2, 0) is 6.42 Å². The maximum atomic E-state index is 13.3. The first kappa shape index (κ1) is 13.2. The Labute approximate surface area is 110 Å². The molecule has 1 aliphatic rings. The van der Waals surface area contributed by atoms with E-state index in [9.17, 15) is 9.50 Å². The van der Waals surface area contributed by atoms with Crippen LogP contribution >= 0.6 is 23.4 Å². The van der Waals surface area contributed by atoms with E-state index in [0.29, 0.717) is 12.0 Å². The van der Waals surface area contributed by atoms with Gasteiger partial charge >= 0.3 is 0 Å². The van der Waals surface area contributed by atoms with Gasteiger partial charge in [0.15, 0.2) is 0 Å². The van der Waals surface area contributed by atoms with Gasteiger partial charge in [0.25, 0.3) is 0 Å². The Morgan fingerprint density at radius 3 is 3.00 bits per heavy atom. The molecular weight excluding hydrogens is 259 g/mol. The second-order valence-corrected chi connectivity index (χ2v) is 6.11. The van der Waals surface area contributed by atoms with Gasteiger partial charge in [0, 0.05) is 11.7 Å². The molecule has 2 atom stereocenters. The monoisotopic (exact) mass is 274 g/mol. The third kappa shape index (κ3) is 3.36. The second kappa shape index (κ2) is 6.07. The molecule has 0 amide bonds. The van der Waals surface area contributed by atoms with Crippen molar-refractivity contribution in [2.24, 2.45) is 0 Å². The maximum absolute atomic E-state index is 13.3. The zero-order valence-electron chi connectivity index (χ0n) is 9.53. The Morgan fingerprint density at radius 2 is 2.29 bits per heavy atom. The molecule has 0 aliphatic carbocycles. The van der Waals surface area contributed by atoms with Gasteiger partial charge in [0.2, 0.25) is 0 Å². The van der Waals surface area contributed by atoms with Crippen LogP contribution in [0.1, 0.15) is 24.8 Å². The van der Waals surface area contributed by atoms with Crippen molar-refractivity contribution < 1.29 is 9.50 Å².